The highest BCUT2D eigenvalue weighted by Crippen LogP contribution is 2.19. The normalized spacial score (nSPS) is 10.4. The number of pyridine rings is 1. The lowest BCUT2D eigenvalue weighted by Crippen LogP contribution is -2.06. The second-order valence-corrected chi connectivity index (χ2v) is 5.89. The average molecular weight is 340 g/mol. The first-order valence-corrected chi connectivity index (χ1v) is 7.42. The summed E-state index contributed by atoms with van der Waals surface area (Å²) < 4.78 is 13.9. The van der Waals surface area contributed by atoms with Gasteiger partial charge in [-0.3, -0.25) is 9.78 Å². The molecule has 0 aliphatic carbocycles. The Kier molecular flexibility index (Phi) is 5.10. The van der Waals surface area contributed by atoms with E-state index in [1.807, 2.05) is 12.1 Å². The van der Waals surface area contributed by atoms with Gasteiger partial charge in [-0.25, -0.2) is 4.39 Å². The Balaban J connectivity index is 1.86. The van der Waals surface area contributed by atoms with E-state index >= 15 is 0 Å². The Hall–Kier alpha value is -1.20. The van der Waals surface area contributed by atoms with Crippen molar-refractivity contribution in [3.05, 3.63) is 58.6 Å². The van der Waals surface area contributed by atoms with Crippen LogP contribution in [0.4, 0.5) is 4.39 Å². The van der Waals surface area contributed by atoms with Crippen molar-refractivity contribution in [2.45, 2.75) is 11.3 Å². The first-order chi connectivity index (χ1) is 9.13. The van der Waals surface area contributed by atoms with Crippen LogP contribution in [0.3, 0.4) is 0 Å². The summed E-state index contributed by atoms with van der Waals surface area (Å²) in [6.07, 6.45) is 1.97. The average Bonchev–Trinajstić information content (AvgIpc) is 2.39. The molecule has 19 heavy (non-hydrogen) atoms. The second-order valence-electron chi connectivity index (χ2n) is 3.93. The molecule has 0 aliphatic rings. The quantitative estimate of drug-likeness (QED) is 0.774. The van der Waals surface area contributed by atoms with E-state index in [0.717, 1.165) is 15.1 Å². The van der Waals surface area contributed by atoms with E-state index in [-0.39, 0.29) is 11.6 Å². The molecule has 2 nitrogen and oxygen atoms in total. The summed E-state index contributed by atoms with van der Waals surface area (Å²) in [5, 5.41) is 0. The van der Waals surface area contributed by atoms with Gasteiger partial charge < -0.3 is 0 Å². The van der Waals surface area contributed by atoms with Gasteiger partial charge in [-0.05, 0) is 46.3 Å². The zero-order valence-electron chi connectivity index (χ0n) is 9.98. The van der Waals surface area contributed by atoms with Crippen molar-refractivity contribution in [1.29, 1.82) is 0 Å². The number of halogens is 2. The number of Topliss-reactive ketones (excluding diaryl/α,β-unsaturated/α-hetero) is 1. The number of carbonyl (C=O) groups is 1. The SMILES string of the molecule is O=C(CSc1cccc(F)c1)Cc1ccc(Br)cn1. The van der Waals surface area contributed by atoms with Gasteiger partial charge in [0, 0.05) is 27.7 Å². The Labute approximate surface area is 123 Å². The Morgan fingerprint density at radius 3 is 2.84 bits per heavy atom. The minimum atomic E-state index is -0.285. The van der Waals surface area contributed by atoms with Crippen molar-refractivity contribution in [3.63, 3.8) is 0 Å². The van der Waals surface area contributed by atoms with Crippen LogP contribution in [-0.4, -0.2) is 16.5 Å². The van der Waals surface area contributed by atoms with Crippen LogP contribution in [0, 0.1) is 5.82 Å². The van der Waals surface area contributed by atoms with Crippen molar-refractivity contribution in [2.24, 2.45) is 0 Å². The lowest BCUT2D eigenvalue weighted by Gasteiger charge is -2.02. The van der Waals surface area contributed by atoms with Crippen molar-refractivity contribution >= 4 is 33.5 Å². The molecule has 1 aromatic carbocycles. The maximum atomic E-state index is 13.0. The Bertz CT molecular complexity index is 574. The predicted molar refractivity (Wildman–Crippen MR) is 77.8 cm³/mol. The van der Waals surface area contributed by atoms with Gasteiger partial charge in [0.2, 0.25) is 0 Å². The minimum Gasteiger partial charge on any atom is -0.298 e. The van der Waals surface area contributed by atoms with E-state index in [4.69, 9.17) is 0 Å². The molecule has 0 fully saturated rings. The van der Waals surface area contributed by atoms with Crippen LogP contribution in [0.5, 0.6) is 0 Å². The number of ketones is 1. The number of nitrogens with zero attached hydrogens (tertiary/aromatic N) is 1. The molecule has 0 N–H and O–H groups in total. The highest BCUT2D eigenvalue weighted by atomic mass is 79.9. The van der Waals surface area contributed by atoms with Gasteiger partial charge in [-0.1, -0.05) is 6.07 Å². The maximum absolute atomic E-state index is 13.0. The fraction of sp³-hybridized carbons (Fsp3) is 0.143. The van der Waals surface area contributed by atoms with Crippen LogP contribution < -0.4 is 0 Å². The van der Waals surface area contributed by atoms with E-state index in [1.54, 1.807) is 18.3 Å². The molecular formula is C14H11BrFNOS. The molecule has 1 aromatic heterocycles. The molecule has 98 valence electrons. The molecule has 0 amide bonds. The highest BCUT2D eigenvalue weighted by Gasteiger charge is 2.06. The fourth-order valence-corrected chi connectivity index (χ4v) is 2.52. The zero-order chi connectivity index (χ0) is 13.7. The van der Waals surface area contributed by atoms with Crippen molar-refractivity contribution in [1.82, 2.24) is 4.98 Å². The zero-order valence-corrected chi connectivity index (χ0v) is 12.4. The van der Waals surface area contributed by atoms with Crippen LogP contribution in [0.2, 0.25) is 0 Å². The molecule has 2 rings (SSSR count). The summed E-state index contributed by atoms with van der Waals surface area (Å²) in [5.41, 5.74) is 0.744. The highest BCUT2D eigenvalue weighted by molar-refractivity contribution is 9.10. The molecule has 0 spiro atoms. The minimum absolute atomic E-state index is 0.0732. The van der Waals surface area contributed by atoms with Gasteiger partial charge in [-0.2, -0.15) is 0 Å². The van der Waals surface area contributed by atoms with E-state index in [9.17, 15) is 9.18 Å². The van der Waals surface area contributed by atoms with Crippen LogP contribution in [0.15, 0.2) is 52.0 Å². The molecule has 0 unspecified atom stereocenters. The number of carbonyl (C=O) groups excluding carboxylic acids is 1. The molecule has 0 atom stereocenters. The predicted octanol–water partition coefficient (Wildman–Crippen LogP) is 3.89. The van der Waals surface area contributed by atoms with Crippen LogP contribution in [0.1, 0.15) is 5.69 Å². The van der Waals surface area contributed by atoms with Crippen LogP contribution in [0.25, 0.3) is 0 Å². The lowest BCUT2D eigenvalue weighted by atomic mass is 10.2. The molecule has 0 aliphatic heterocycles. The number of thioether (sulfide) groups is 1. The smallest absolute Gasteiger partial charge is 0.149 e. The Morgan fingerprint density at radius 1 is 1.32 bits per heavy atom. The monoisotopic (exact) mass is 339 g/mol. The fourth-order valence-electron chi connectivity index (χ4n) is 1.48. The number of hydrogen-bond acceptors (Lipinski definition) is 3. The number of hydrogen-bond donors (Lipinski definition) is 0. The summed E-state index contributed by atoms with van der Waals surface area (Å²) >= 11 is 4.63. The first kappa shape index (κ1) is 14.2. The molecule has 0 bridgehead atoms. The summed E-state index contributed by atoms with van der Waals surface area (Å²) in [6, 6.07) is 9.91. The lowest BCUT2D eigenvalue weighted by molar-refractivity contribution is -0.116. The topological polar surface area (TPSA) is 30.0 Å². The molecule has 0 saturated carbocycles. The van der Waals surface area contributed by atoms with E-state index in [1.165, 1.54) is 23.9 Å². The Morgan fingerprint density at radius 2 is 2.16 bits per heavy atom. The van der Waals surface area contributed by atoms with Gasteiger partial charge >= 0.3 is 0 Å². The summed E-state index contributed by atoms with van der Waals surface area (Å²) in [4.78, 5) is 16.7. The number of benzene rings is 1. The maximum Gasteiger partial charge on any atom is 0.149 e. The molecule has 0 radical (unpaired) electrons. The standard InChI is InChI=1S/C14H11BrFNOS/c15-10-4-5-12(17-8-10)7-13(18)9-19-14-3-1-2-11(16)6-14/h1-6,8H,7,9H2. The van der Waals surface area contributed by atoms with Gasteiger partial charge in [0.05, 0.1) is 5.75 Å². The second kappa shape index (κ2) is 6.82. The summed E-state index contributed by atoms with van der Waals surface area (Å²) in [5.74, 6) is 0.109. The molecule has 5 heteroatoms. The third-order valence-electron chi connectivity index (χ3n) is 2.36. The molecule has 0 saturated heterocycles. The third kappa shape index (κ3) is 4.76. The van der Waals surface area contributed by atoms with Crippen LogP contribution in [-0.2, 0) is 11.2 Å². The van der Waals surface area contributed by atoms with E-state index in [0.29, 0.717) is 12.2 Å². The summed E-state index contributed by atoms with van der Waals surface area (Å²) in [6.45, 7) is 0. The molecular weight excluding hydrogens is 329 g/mol. The van der Waals surface area contributed by atoms with Crippen LogP contribution >= 0.6 is 27.7 Å². The van der Waals surface area contributed by atoms with E-state index in [2.05, 4.69) is 20.9 Å². The van der Waals surface area contributed by atoms with Crippen molar-refractivity contribution < 1.29 is 9.18 Å². The van der Waals surface area contributed by atoms with Crippen molar-refractivity contribution in [2.75, 3.05) is 5.75 Å². The third-order valence-corrected chi connectivity index (χ3v) is 3.89. The van der Waals surface area contributed by atoms with Gasteiger partial charge in [0.15, 0.2) is 0 Å². The van der Waals surface area contributed by atoms with Gasteiger partial charge in [0.1, 0.15) is 11.6 Å². The van der Waals surface area contributed by atoms with Gasteiger partial charge in [-0.15, -0.1) is 11.8 Å². The molecule has 1 heterocycles. The first-order valence-electron chi connectivity index (χ1n) is 5.64. The summed E-state index contributed by atoms with van der Waals surface area (Å²) in [7, 11) is 0. The van der Waals surface area contributed by atoms with E-state index < -0.39 is 0 Å². The van der Waals surface area contributed by atoms with Gasteiger partial charge in [0.25, 0.3) is 0 Å². The molecule has 2 aromatic rings. The van der Waals surface area contributed by atoms with Crippen molar-refractivity contribution in [3.8, 4) is 0 Å². The largest absolute Gasteiger partial charge is 0.298 e. The number of rotatable bonds is 5. The number of aromatic nitrogens is 1.